The molecular formula is C15H21NO4. The predicted molar refractivity (Wildman–Crippen MR) is 75.3 cm³/mol. The van der Waals surface area contributed by atoms with E-state index in [1.807, 2.05) is 0 Å². The molecule has 5 nitrogen and oxygen atoms in total. The highest BCUT2D eigenvalue weighted by molar-refractivity contribution is 5.87. The molecule has 0 spiro atoms. The summed E-state index contributed by atoms with van der Waals surface area (Å²) in [6.45, 7) is 3.96. The first kappa shape index (κ1) is 14.8. The monoisotopic (exact) mass is 279 g/mol. The Hall–Kier alpha value is -1.59. The van der Waals surface area contributed by atoms with Gasteiger partial charge < -0.3 is 19.9 Å². The lowest BCUT2D eigenvalue weighted by Gasteiger charge is -2.22. The number of hydrogen-bond donors (Lipinski definition) is 2. The number of carboxylic acid groups (broad SMARTS) is 1. The minimum absolute atomic E-state index is 0.262. The molecule has 0 aliphatic carbocycles. The second kappa shape index (κ2) is 7.87. The van der Waals surface area contributed by atoms with E-state index in [9.17, 15) is 4.79 Å². The second-order valence-corrected chi connectivity index (χ2v) is 4.97. The van der Waals surface area contributed by atoms with E-state index in [0.29, 0.717) is 24.9 Å². The van der Waals surface area contributed by atoms with Crippen LogP contribution in [-0.2, 0) is 4.74 Å². The van der Waals surface area contributed by atoms with Crippen LogP contribution in [-0.4, -0.2) is 44.0 Å². The van der Waals surface area contributed by atoms with Gasteiger partial charge in [0.2, 0.25) is 0 Å². The van der Waals surface area contributed by atoms with E-state index in [1.165, 1.54) is 25.0 Å². The van der Waals surface area contributed by atoms with E-state index in [0.717, 1.165) is 19.7 Å². The van der Waals surface area contributed by atoms with Crippen molar-refractivity contribution < 1.29 is 19.4 Å². The third kappa shape index (κ3) is 4.83. The summed E-state index contributed by atoms with van der Waals surface area (Å²) in [4.78, 5) is 10.7. The third-order valence-electron chi connectivity index (χ3n) is 3.35. The lowest BCUT2D eigenvalue weighted by atomic mass is 10.0. The van der Waals surface area contributed by atoms with Crippen molar-refractivity contribution in [2.45, 2.75) is 12.8 Å². The van der Waals surface area contributed by atoms with E-state index in [-0.39, 0.29) is 5.56 Å². The minimum Gasteiger partial charge on any atom is -0.491 e. The number of piperidine rings is 1. The average Bonchev–Trinajstić information content (AvgIpc) is 2.48. The molecule has 110 valence electrons. The van der Waals surface area contributed by atoms with Crippen LogP contribution in [0.4, 0.5) is 0 Å². The molecule has 2 N–H and O–H groups in total. The van der Waals surface area contributed by atoms with E-state index >= 15 is 0 Å². The van der Waals surface area contributed by atoms with Crippen molar-refractivity contribution in [3.63, 3.8) is 0 Å². The third-order valence-corrected chi connectivity index (χ3v) is 3.35. The summed E-state index contributed by atoms with van der Waals surface area (Å²) in [6.07, 6.45) is 2.45. The Morgan fingerprint density at radius 3 is 2.75 bits per heavy atom. The van der Waals surface area contributed by atoms with E-state index in [4.69, 9.17) is 14.6 Å². The molecule has 1 aromatic rings. The Balaban J connectivity index is 1.59. The molecule has 2 rings (SSSR count). The zero-order valence-electron chi connectivity index (χ0n) is 11.5. The van der Waals surface area contributed by atoms with Crippen molar-refractivity contribution >= 4 is 5.97 Å². The summed E-state index contributed by atoms with van der Waals surface area (Å²) in [6, 6.07) is 6.39. The second-order valence-electron chi connectivity index (χ2n) is 4.97. The van der Waals surface area contributed by atoms with Gasteiger partial charge in [0.05, 0.1) is 18.8 Å². The maximum Gasteiger partial charge on any atom is 0.335 e. The van der Waals surface area contributed by atoms with Crippen LogP contribution in [0.25, 0.3) is 0 Å². The van der Waals surface area contributed by atoms with Crippen molar-refractivity contribution in [1.29, 1.82) is 0 Å². The van der Waals surface area contributed by atoms with Crippen LogP contribution in [0.1, 0.15) is 23.2 Å². The van der Waals surface area contributed by atoms with E-state index < -0.39 is 5.97 Å². The fourth-order valence-electron chi connectivity index (χ4n) is 2.23. The number of aromatic carboxylic acids is 1. The first-order valence-electron chi connectivity index (χ1n) is 7.00. The van der Waals surface area contributed by atoms with Crippen LogP contribution in [0.15, 0.2) is 24.3 Å². The predicted octanol–water partition coefficient (Wildman–Crippen LogP) is 1.78. The van der Waals surface area contributed by atoms with E-state index in [1.54, 1.807) is 12.1 Å². The zero-order valence-corrected chi connectivity index (χ0v) is 11.5. The van der Waals surface area contributed by atoms with Gasteiger partial charge in [0.25, 0.3) is 0 Å². The molecule has 0 aromatic heterocycles. The molecule has 0 radical (unpaired) electrons. The summed E-state index contributed by atoms with van der Waals surface area (Å²) in [5.41, 5.74) is 0.262. The molecule has 1 aromatic carbocycles. The van der Waals surface area contributed by atoms with E-state index in [2.05, 4.69) is 5.32 Å². The lowest BCUT2D eigenvalue weighted by Crippen LogP contribution is -2.32. The van der Waals surface area contributed by atoms with Crippen LogP contribution in [0.3, 0.4) is 0 Å². The first-order chi connectivity index (χ1) is 9.75. The van der Waals surface area contributed by atoms with Crippen LogP contribution < -0.4 is 10.1 Å². The molecule has 0 amide bonds. The maximum absolute atomic E-state index is 10.7. The van der Waals surface area contributed by atoms with Gasteiger partial charge in [0, 0.05) is 6.54 Å². The summed E-state index contributed by atoms with van der Waals surface area (Å²) in [7, 11) is 0. The highest BCUT2D eigenvalue weighted by Crippen LogP contribution is 2.12. The topological polar surface area (TPSA) is 67.8 Å². The number of ether oxygens (including phenoxy) is 2. The number of carbonyl (C=O) groups is 1. The maximum atomic E-state index is 10.7. The van der Waals surface area contributed by atoms with Crippen LogP contribution in [0.2, 0.25) is 0 Å². The number of rotatable bonds is 7. The van der Waals surface area contributed by atoms with Gasteiger partial charge in [-0.25, -0.2) is 4.79 Å². The average molecular weight is 279 g/mol. The van der Waals surface area contributed by atoms with Crippen LogP contribution >= 0.6 is 0 Å². The van der Waals surface area contributed by atoms with Gasteiger partial charge in [-0.3, -0.25) is 0 Å². The Morgan fingerprint density at radius 1 is 1.30 bits per heavy atom. The molecule has 0 saturated carbocycles. The highest BCUT2D eigenvalue weighted by Gasteiger charge is 2.12. The normalized spacial score (nSPS) is 18.7. The molecule has 1 aliphatic rings. The van der Waals surface area contributed by atoms with Crippen LogP contribution in [0, 0.1) is 5.92 Å². The fraction of sp³-hybridized carbons (Fsp3) is 0.533. The van der Waals surface area contributed by atoms with Gasteiger partial charge in [-0.1, -0.05) is 0 Å². The molecule has 1 atom stereocenters. The van der Waals surface area contributed by atoms with Gasteiger partial charge in [0.15, 0.2) is 0 Å². The molecule has 5 heteroatoms. The summed E-state index contributed by atoms with van der Waals surface area (Å²) >= 11 is 0. The largest absolute Gasteiger partial charge is 0.491 e. The molecule has 1 saturated heterocycles. The summed E-state index contributed by atoms with van der Waals surface area (Å²) in [5, 5.41) is 12.1. The first-order valence-corrected chi connectivity index (χ1v) is 7.00. The molecule has 0 bridgehead atoms. The molecule has 20 heavy (non-hydrogen) atoms. The smallest absolute Gasteiger partial charge is 0.335 e. The Bertz CT molecular complexity index is 412. The standard InChI is InChI=1S/C15H21NO4/c17-15(18)13-3-5-14(6-4-13)20-9-8-19-11-12-2-1-7-16-10-12/h3-6,12,16H,1-2,7-11H2,(H,17,18). The highest BCUT2D eigenvalue weighted by atomic mass is 16.5. The number of nitrogens with one attached hydrogen (secondary N) is 1. The van der Waals surface area contributed by atoms with Gasteiger partial charge in [-0.15, -0.1) is 0 Å². The zero-order chi connectivity index (χ0) is 14.2. The summed E-state index contributed by atoms with van der Waals surface area (Å²) in [5.74, 6) is 0.345. The van der Waals surface area contributed by atoms with Gasteiger partial charge in [0.1, 0.15) is 12.4 Å². The van der Waals surface area contributed by atoms with Crippen LogP contribution in [0.5, 0.6) is 5.75 Å². The fourth-order valence-corrected chi connectivity index (χ4v) is 2.23. The lowest BCUT2D eigenvalue weighted by molar-refractivity contribution is 0.0669. The van der Waals surface area contributed by atoms with Crippen molar-refractivity contribution in [1.82, 2.24) is 5.32 Å². The van der Waals surface area contributed by atoms with Crippen molar-refractivity contribution in [2.24, 2.45) is 5.92 Å². The number of benzene rings is 1. The molecule has 1 unspecified atom stereocenters. The molecule has 1 aliphatic heterocycles. The van der Waals surface area contributed by atoms with Gasteiger partial charge in [-0.05, 0) is 49.6 Å². The number of hydrogen-bond acceptors (Lipinski definition) is 4. The van der Waals surface area contributed by atoms with Crippen molar-refractivity contribution in [3.8, 4) is 5.75 Å². The quantitative estimate of drug-likeness (QED) is 0.745. The van der Waals surface area contributed by atoms with Gasteiger partial charge in [-0.2, -0.15) is 0 Å². The summed E-state index contributed by atoms with van der Waals surface area (Å²) < 4.78 is 11.1. The minimum atomic E-state index is -0.930. The van der Waals surface area contributed by atoms with Gasteiger partial charge >= 0.3 is 5.97 Å². The molecule has 1 fully saturated rings. The number of carboxylic acids is 1. The Morgan fingerprint density at radius 2 is 2.10 bits per heavy atom. The molecular weight excluding hydrogens is 258 g/mol. The Labute approximate surface area is 118 Å². The SMILES string of the molecule is O=C(O)c1ccc(OCCOCC2CCCNC2)cc1. The van der Waals surface area contributed by atoms with Crippen molar-refractivity contribution in [3.05, 3.63) is 29.8 Å². The Kier molecular flexibility index (Phi) is 5.83. The molecule has 1 heterocycles. The van der Waals surface area contributed by atoms with Crippen molar-refractivity contribution in [2.75, 3.05) is 32.9 Å².